The average Bonchev–Trinajstić information content (AvgIpc) is 2.89. The number of nitrogens with zero attached hydrogens (tertiary/aromatic N) is 1. The van der Waals surface area contributed by atoms with Crippen LogP contribution < -0.4 is 27.1 Å². The third-order valence-electron chi connectivity index (χ3n) is 6.15. The molecule has 3 aromatic carbocycles. The Balaban J connectivity index is 1.66. The molecule has 0 aliphatic rings. The highest BCUT2D eigenvalue weighted by Crippen LogP contribution is 2.32. The van der Waals surface area contributed by atoms with Gasteiger partial charge in [0.2, 0.25) is 5.91 Å². The zero-order chi connectivity index (χ0) is 29.3. The lowest BCUT2D eigenvalue weighted by atomic mass is 9.80. The molecule has 40 heavy (non-hydrogen) atoms. The van der Waals surface area contributed by atoms with Crippen LogP contribution in [0.15, 0.2) is 84.0 Å². The number of Topliss-reactive ketones (excluding diaryl/α,β-unsaturated/α-hetero) is 1. The van der Waals surface area contributed by atoms with Gasteiger partial charge in [-0.1, -0.05) is 63.2 Å². The van der Waals surface area contributed by atoms with Crippen LogP contribution in [0.5, 0.6) is 0 Å². The smallest absolute Gasteiger partial charge is 0.316 e. The fraction of sp³-hybridized carbons (Fsp3) is 0.233. The molecule has 0 bridgehead atoms. The van der Waals surface area contributed by atoms with Gasteiger partial charge in [-0.3, -0.25) is 19.8 Å². The molecule has 10 nitrogen and oxygen atoms in total. The molecule has 6 N–H and O–H groups in total. The standard InChI is InChI=1S/C30H34N6O4/c1-19(21-10-6-5-7-11-21)18-30(3,4)28(39)33-23-13-8-12-22(16-23)32-27(38)26(20(2)37)36-35-25-15-9-14-24(17-25)34-29(31)40/h5-17,19,35H,18H2,1-4H3,(H,32,38)(H,33,39)(H3,31,34,40)/b36-26-. The van der Waals surface area contributed by atoms with Gasteiger partial charge in [-0.25, -0.2) is 4.79 Å². The first kappa shape index (κ1) is 29.6. The maximum absolute atomic E-state index is 13.1. The van der Waals surface area contributed by atoms with E-state index in [0.717, 1.165) is 0 Å². The number of ketones is 1. The Bertz CT molecular complexity index is 1420. The summed E-state index contributed by atoms with van der Waals surface area (Å²) >= 11 is 0. The molecule has 0 spiro atoms. The number of hydrogen-bond acceptors (Lipinski definition) is 6. The summed E-state index contributed by atoms with van der Waals surface area (Å²) in [5.74, 6) is -1.25. The summed E-state index contributed by atoms with van der Waals surface area (Å²) in [7, 11) is 0. The Morgan fingerprint density at radius 1 is 0.800 bits per heavy atom. The molecule has 3 aromatic rings. The maximum atomic E-state index is 13.1. The number of benzene rings is 3. The molecule has 0 fully saturated rings. The Hall–Kier alpha value is -4.99. The van der Waals surface area contributed by atoms with E-state index in [-0.39, 0.29) is 17.5 Å². The van der Waals surface area contributed by atoms with E-state index in [2.05, 4.69) is 45.5 Å². The second-order valence-corrected chi connectivity index (χ2v) is 10.1. The van der Waals surface area contributed by atoms with Gasteiger partial charge in [0.1, 0.15) is 0 Å². The first-order valence-corrected chi connectivity index (χ1v) is 12.7. The van der Waals surface area contributed by atoms with Gasteiger partial charge in [0.05, 0.1) is 5.69 Å². The van der Waals surface area contributed by atoms with Gasteiger partial charge in [0.15, 0.2) is 11.5 Å². The zero-order valence-electron chi connectivity index (χ0n) is 22.9. The Morgan fingerprint density at radius 2 is 1.35 bits per heavy atom. The molecule has 1 atom stereocenters. The van der Waals surface area contributed by atoms with Crippen molar-refractivity contribution in [2.75, 3.05) is 21.4 Å². The van der Waals surface area contributed by atoms with Crippen LogP contribution in [-0.4, -0.2) is 29.3 Å². The summed E-state index contributed by atoms with van der Waals surface area (Å²) < 4.78 is 0. The second-order valence-electron chi connectivity index (χ2n) is 10.1. The fourth-order valence-electron chi connectivity index (χ4n) is 4.14. The van der Waals surface area contributed by atoms with E-state index >= 15 is 0 Å². The number of nitrogens with one attached hydrogen (secondary N) is 4. The van der Waals surface area contributed by atoms with E-state index in [0.29, 0.717) is 29.2 Å². The summed E-state index contributed by atoms with van der Waals surface area (Å²) in [4.78, 5) is 49.2. The molecule has 0 saturated heterocycles. The molecule has 0 aromatic heterocycles. The molecule has 1 unspecified atom stereocenters. The Morgan fingerprint density at radius 3 is 1.95 bits per heavy atom. The molecule has 0 radical (unpaired) electrons. The average molecular weight is 543 g/mol. The minimum absolute atomic E-state index is 0.151. The topological polar surface area (TPSA) is 155 Å². The number of carbonyl (C=O) groups excluding carboxylic acids is 4. The summed E-state index contributed by atoms with van der Waals surface area (Å²) in [5, 5.41) is 12.0. The normalized spacial score (nSPS) is 12.2. The number of primary amides is 1. The minimum atomic E-state index is -0.730. The van der Waals surface area contributed by atoms with Crippen molar-refractivity contribution < 1.29 is 19.2 Å². The van der Waals surface area contributed by atoms with Gasteiger partial charge in [0, 0.05) is 29.4 Å². The van der Waals surface area contributed by atoms with E-state index < -0.39 is 23.1 Å². The lowest BCUT2D eigenvalue weighted by Gasteiger charge is -2.27. The van der Waals surface area contributed by atoms with E-state index in [9.17, 15) is 19.2 Å². The maximum Gasteiger partial charge on any atom is 0.316 e. The Kier molecular flexibility index (Phi) is 9.75. The summed E-state index contributed by atoms with van der Waals surface area (Å²) in [5.41, 5.74) is 9.64. The first-order chi connectivity index (χ1) is 18.9. The largest absolute Gasteiger partial charge is 0.351 e. The summed E-state index contributed by atoms with van der Waals surface area (Å²) in [6.45, 7) is 7.11. The van der Waals surface area contributed by atoms with Crippen molar-refractivity contribution in [2.24, 2.45) is 16.3 Å². The molecule has 0 aliphatic heterocycles. The predicted molar refractivity (Wildman–Crippen MR) is 158 cm³/mol. The predicted octanol–water partition coefficient (Wildman–Crippen LogP) is 5.33. The number of amides is 4. The van der Waals surface area contributed by atoms with Crippen LogP contribution in [-0.2, 0) is 14.4 Å². The van der Waals surface area contributed by atoms with Gasteiger partial charge in [-0.15, -0.1) is 0 Å². The van der Waals surface area contributed by atoms with Gasteiger partial charge in [-0.2, -0.15) is 5.10 Å². The second kappa shape index (κ2) is 13.2. The van der Waals surface area contributed by atoms with Crippen molar-refractivity contribution in [1.29, 1.82) is 0 Å². The molecule has 0 aliphatic carbocycles. The monoisotopic (exact) mass is 542 g/mol. The van der Waals surface area contributed by atoms with Crippen LogP contribution in [0.3, 0.4) is 0 Å². The van der Waals surface area contributed by atoms with E-state index in [1.807, 2.05) is 32.0 Å². The number of hydrogen-bond donors (Lipinski definition) is 5. The van der Waals surface area contributed by atoms with Gasteiger partial charge in [0.25, 0.3) is 5.91 Å². The number of rotatable bonds is 11. The lowest BCUT2D eigenvalue weighted by molar-refractivity contribution is -0.124. The number of nitrogens with two attached hydrogens (primary N) is 1. The minimum Gasteiger partial charge on any atom is -0.351 e. The van der Waals surface area contributed by atoms with Crippen LogP contribution in [0.4, 0.5) is 27.5 Å². The third kappa shape index (κ3) is 8.52. The third-order valence-corrected chi connectivity index (χ3v) is 6.15. The summed E-state index contributed by atoms with van der Waals surface area (Å²) in [6.07, 6.45) is 0.645. The quantitative estimate of drug-likeness (QED) is 0.126. The molecule has 208 valence electrons. The van der Waals surface area contributed by atoms with E-state index in [1.165, 1.54) is 18.6 Å². The van der Waals surface area contributed by atoms with Crippen LogP contribution >= 0.6 is 0 Å². The van der Waals surface area contributed by atoms with Gasteiger partial charge in [-0.05, 0) is 54.3 Å². The highest BCUT2D eigenvalue weighted by atomic mass is 16.2. The number of carbonyl (C=O) groups is 4. The first-order valence-electron chi connectivity index (χ1n) is 12.7. The van der Waals surface area contributed by atoms with Crippen molar-refractivity contribution in [1.82, 2.24) is 0 Å². The Labute approximate surface area is 233 Å². The van der Waals surface area contributed by atoms with Crippen molar-refractivity contribution >= 4 is 52.1 Å². The number of urea groups is 1. The van der Waals surface area contributed by atoms with Crippen molar-refractivity contribution in [3.05, 3.63) is 84.4 Å². The van der Waals surface area contributed by atoms with Crippen LogP contribution in [0.1, 0.15) is 45.6 Å². The van der Waals surface area contributed by atoms with Crippen molar-refractivity contribution in [3.8, 4) is 0 Å². The van der Waals surface area contributed by atoms with Crippen molar-refractivity contribution in [2.45, 2.75) is 40.0 Å². The molecule has 0 saturated carbocycles. The van der Waals surface area contributed by atoms with Gasteiger partial charge >= 0.3 is 6.03 Å². The van der Waals surface area contributed by atoms with Gasteiger partial charge < -0.3 is 21.7 Å². The molecular weight excluding hydrogens is 508 g/mol. The molecular formula is C30H34N6O4. The van der Waals surface area contributed by atoms with E-state index in [4.69, 9.17) is 5.73 Å². The van der Waals surface area contributed by atoms with Crippen LogP contribution in [0.25, 0.3) is 0 Å². The van der Waals surface area contributed by atoms with Crippen LogP contribution in [0.2, 0.25) is 0 Å². The number of hydrazone groups is 1. The summed E-state index contributed by atoms with van der Waals surface area (Å²) in [6, 6.07) is 22.4. The molecule has 4 amide bonds. The van der Waals surface area contributed by atoms with Crippen LogP contribution in [0, 0.1) is 5.41 Å². The number of anilines is 4. The fourth-order valence-corrected chi connectivity index (χ4v) is 4.14. The van der Waals surface area contributed by atoms with E-state index in [1.54, 1.807) is 42.5 Å². The molecule has 10 heteroatoms. The SMILES string of the molecule is CC(=O)/C(=N/Nc1cccc(NC(N)=O)c1)C(=O)Nc1cccc(NC(=O)C(C)(C)CC(C)c2ccccc2)c1. The molecule has 3 rings (SSSR count). The van der Waals surface area contributed by atoms with Crippen molar-refractivity contribution in [3.63, 3.8) is 0 Å². The lowest BCUT2D eigenvalue weighted by Crippen LogP contribution is -2.32. The zero-order valence-corrected chi connectivity index (χ0v) is 22.9. The highest BCUT2D eigenvalue weighted by Gasteiger charge is 2.30. The molecule has 0 heterocycles. The highest BCUT2D eigenvalue weighted by molar-refractivity contribution is 6.67.